The van der Waals surface area contributed by atoms with Crippen LogP contribution in [0.5, 0.6) is 0 Å². The van der Waals surface area contributed by atoms with Gasteiger partial charge >= 0.3 is 102 Å². The van der Waals surface area contributed by atoms with E-state index < -0.39 is 20.2 Å². The molecule has 84 valence electrons. The molecule has 0 saturated carbocycles. The molecule has 0 nitrogen and oxygen atoms in total. The minimum atomic E-state index is -1.08. The molecule has 0 unspecified atom stereocenters. The van der Waals surface area contributed by atoms with Crippen molar-refractivity contribution in [3.05, 3.63) is 30.3 Å². The number of hydrogen-bond acceptors (Lipinski definition) is 0. The van der Waals surface area contributed by atoms with Crippen molar-refractivity contribution in [2.24, 2.45) is 0 Å². The second-order valence-corrected chi connectivity index (χ2v) is 11.1. The van der Waals surface area contributed by atoms with Gasteiger partial charge in [0.25, 0.3) is 0 Å². The summed E-state index contributed by atoms with van der Waals surface area (Å²) in [5, 5.41) is 0. The monoisotopic (exact) mass is 312 g/mol. The zero-order valence-electron chi connectivity index (χ0n) is 10.1. The molecule has 0 spiro atoms. The van der Waals surface area contributed by atoms with Gasteiger partial charge in [-0.25, -0.2) is 0 Å². The average Bonchev–Trinajstić information content (AvgIpc) is 2.30. The van der Waals surface area contributed by atoms with E-state index in [0.717, 1.165) is 0 Å². The first-order valence-electron chi connectivity index (χ1n) is 6.18. The van der Waals surface area contributed by atoms with Crippen molar-refractivity contribution in [1.29, 1.82) is 0 Å². The Hall–Kier alpha value is 0.0382. The Kier molecular flexibility index (Phi) is 7.18. The quantitative estimate of drug-likeness (QED) is 0.668. The van der Waals surface area contributed by atoms with Crippen LogP contribution in [0.25, 0.3) is 0 Å². The summed E-state index contributed by atoms with van der Waals surface area (Å²) in [6, 6.07) is 11.3. The third kappa shape index (κ3) is 5.07. The molecule has 0 atom stereocenters. The Morgan fingerprint density at radius 1 is 0.867 bits per heavy atom. The van der Waals surface area contributed by atoms with E-state index in [-0.39, 0.29) is 0 Å². The van der Waals surface area contributed by atoms with Gasteiger partial charge in [0.05, 0.1) is 0 Å². The molecule has 0 aromatic heterocycles. The van der Waals surface area contributed by atoms with Gasteiger partial charge in [-0.05, 0) is 0 Å². The summed E-state index contributed by atoms with van der Waals surface area (Å²) in [7, 11) is 0. The van der Waals surface area contributed by atoms with E-state index >= 15 is 0 Å². The molecule has 15 heavy (non-hydrogen) atoms. The molecule has 0 N–H and O–H groups in total. The van der Waals surface area contributed by atoms with E-state index in [1.165, 1.54) is 25.7 Å². The van der Waals surface area contributed by atoms with Crippen molar-refractivity contribution >= 4 is 23.7 Å². The second-order valence-electron chi connectivity index (χ2n) is 4.03. The summed E-state index contributed by atoms with van der Waals surface area (Å²) in [6.07, 6.45) is 5.61. The summed E-state index contributed by atoms with van der Waals surface area (Å²) < 4.78 is 4.81. The van der Waals surface area contributed by atoms with E-state index in [4.69, 9.17) is 0 Å². The number of benzene rings is 1. The molecule has 0 aliphatic rings. The molecule has 1 heteroatoms. The van der Waals surface area contributed by atoms with Crippen LogP contribution in [0.2, 0.25) is 8.73 Å². The van der Waals surface area contributed by atoms with Gasteiger partial charge in [0.2, 0.25) is 0 Å². The van der Waals surface area contributed by atoms with Gasteiger partial charge in [0.15, 0.2) is 0 Å². The fourth-order valence-corrected chi connectivity index (χ4v) is 9.50. The fraction of sp³-hybridized carbons (Fsp3) is 0.571. The standard InChI is InChI=1S/C6H5.2C4H9.Sb/c1-2-4-6-5-3-1;2*1-3-4-2;/h1-5H;2*1,3-4H2,2H3;. The molecule has 0 aliphatic heterocycles. The molecule has 1 aromatic carbocycles. The first-order chi connectivity index (χ1) is 7.38. The van der Waals surface area contributed by atoms with Gasteiger partial charge in [-0.2, -0.15) is 0 Å². The minimum absolute atomic E-state index is 1.08. The van der Waals surface area contributed by atoms with Crippen LogP contribution < -0.4 is 3.51 Å². The maximum absolute atomic E-state index is 2.37. The predicted octanol–water partition coefficient (Wildman–Crippen LogP) is 3.99. The van der Waals surface area contributed by atoms with Crippen molar-refractivity contribution in [2.75, 3.05) is 0 Å². The summed E-state index contributed by atoms with van der Waals surface area (Å²) >= 11 is -1.08. The molecule has 0 saturated heterocycles. The summed E-state index contributed by atoms with van der Waals surface area (Å²) in [5.41, 5.74) is 0. The number of unbranched alkanes of at least 4 members (excludes halogenated alkanes) is 2. The molecule has 0 radical (unpaired) electrons. The molecular weight excluding hydrogens is 290 g/mol. The Morgan fingerprint density at radius 2 is 1.40 bits per heavy atom. The van der Waals surface area contributed by atoms with Gasteiger partial charge < -0.3 is 0 Å². The summed E-state index contributed by atoms with van der Waals surface area (Å²) in [6.45, 7) is 4.62. The van der Waals surface area contributed by atoms with E-state index in [9.17, 15) is 0 Å². The third-order valence-electron chi connectivity index (χ3n) is 2.68. The normalized spacial score (nSPS) is 10.9. The fourth-order valence-electron chi connectivity index (χ4n) is 1.71. The summed E-state index contributed by atoms with van der Waals surface area (Å²) in [5.74, 6) is 0. The van der Waals surface area contributed by atoms with Crippen molar-refractivity contribution < 1.29 is 0 Å². The van der Waals surface area contributed by atoms with E-state index in [1.807, 2.05) is 0 Å². The maximum atomic E-state index is 2.37. The Balaban J connectivity index is 2.55. The molecule has 0 aliphatic carbocycles. The van der Waals surface area contributed by atoms with E-state index in [2.05, 4.69) is 44.2 Å². The van der Waals surface area contributed by atoms with Crippen molar-refractivity contribution in [1.82, 2.24) is 0 Å². The molecule has 0 fully saturated rings. The predicted molar refractivity (Wildman–Crippen MR) is 71.3 cm³/mol. The second kappa shape index (κ2) is 8.22. The zero-order valence-corrected chi connectivity index (χ0v) is 12.6. The van der Waals surface area contributed by atoms with Gasteiger partial charge in [0, 0.05) is 0 Å². The topological polar surface area (TPSA) is 0 Å². The molecule has 0 heterocycles. The van der Waals surface area contributed by atoms with Crippen LogP contribution in [0.4, 0.5) is 0 Å². The Labute approximate surface area is 102 Å². The van der Waals surface area contributed by atoms with Crippen molar-refractivity contribution in [2.45, 2.75) is 48.3 Å². The molecule has 0 bridgehead atoms. The van der Waals surface area contributed by atoms with Crippen LogP contribution in [0, 0.1) is 0 Å². The SMILES string of the molecule is CCC[CH2][Sb]([CH2]CCC)[c]1ccccc1. The Bertz CT molecular complexity index is 235. The van der Waals surface area contributed by atoms with Gasteiger partial charge in [-0.3, -0.25) is 0 Å². The number of hydrogen-bond donors (Lipinski definition) is 0. The molecular formula is C14H23Sb. The van der Waals surface area contributed by atoms with Crippen molar-refractivity contribution in [3.63, 3.8) is 0 Å². The molecule has 0 amide bonds. The molecule has 1 rings (SSSR count). The summed E-state index contributed by atoms with van der Waals surface area (Å²) in [4.78, 5) is 0. The van der Waals surface area contributed by atoms with Crippen LogP contribution in [0.1, 0.15) is 39.5 Å². The van der Waals surface area contributed by atoms with Crippen LogP contribution >= 0.6 is 0 Å². The number of rotatable bonds is 7. The van der Waals surface area contributed by atoms with Crippen LogP contribution in [0.3, 0.4) is 0 Å². The van der Waals surface area contributed by atoms with E-state index in [1.54, 1.807) is 12.2 Å². The van der Waals surface area contributed by atoms with E-state index in [0.29, 0.717) is 0 Å². The van der Waals surface area contributed by atoms with Crippen LogP contribution in [-0.4, -0.2) is 20.2 Å². The van der Waals surface area contributed by atoms with Gasteiger partial charge in [0.1, 0.15) is 0 Å². The average molecular weight is 313 g/mol. The van der Waals surface area contributed by atoms with Gasteiger partial charge in [-0.1, -0.05) is 0 Å². The van der Waals surface area contributed by atoms with Crippen molar-refractivity contribution in [3.8, 4) is 0 Å². The van der Waals surface area contributed by atoms with Gasteiger partial charge in [-0.15, -0.1) is 0 Å². The first-order valence-corrected chi connectivity index (χ1v) is 11.1. The third-order valence-corrected chi connectivity index (χ3v) is 10.5. The van der Waals surface area contributed by atoms with Crippen LogP contribution in [0.15, 0.2) is 30.3 Å². The molecule has 1 aromatic rings. The zero-order chi connectivity index (χ0) is 10.9. The van der Waals surface area contributed by atoms with Crippen LogP contribution in [-0.2, 0) is 0 Å². The Morgan fingerprint density at radius 3 is 1.87 bits per heavy atom. The first kappa shape index (κ1) is 13.1.